The van der Waals surface area contributed by atoms with E-state index >= 15 is 0 Å². The summed E-state index contributed by atoms with van der Waals surface area (Å²) in [6.07, 6.45) is 1.53. The number of hydrogen-bond acceptors (Lipinski definition) is 4. The van der Waals surface area contributed by atoms with Crippen LogP contribution in [-0.2, 0) is 0 Å². The second-order valence-corrected chi connectivity index (χ2v) is 4.76. The van der Waals surface area contributed by atoms with Crippen molar-refractivity contribution in [3.63, 3.8) is 0 Å². The number of hydrazone groups is 1. The molecule has 0 fully saturated rings. The van der Waals surface area contributed by atoms with Crippen molar-refractivity contribution < 1.29 is 14.3 Å². The summed E-state index contributed by atoms with van der Waals surface area (Å²) in [7, 11) is 3.07. The van der Waals surface area contributed by atoms with E-state index in [1.54, 1.807) is 25.3 Å². The molecule has 0 saturated carbocycles. The third-order valence-corrected chi connectivity index (χ3v) is 3.11. The summed E-state index contributed by atoms with van der Waals surface area (Å²) in [6, 6.07) is 12.1. The minimum Gasteiger partial charge on any atom is -0.497 e. The normalized spacial score (nSPS) is 10.5. The molecule has 0 atom stereocenters. The zero-order valence-corrected chi connectivity index (χ0v) is 12.9. The third-order valence-electron chi connectivity index (χ3n) is 2.88. The molecule has 0 heterocycles. The van der Waals surface area contributed by atoms with Gasteiger partial charge < -0.3 is 9.47 Å². The van der Waals surface area contributed by atoms with Gasteiger partial charge in [0, 0.05) is 5.02 Å². The maximum Gasteiger partial charge on any atom is 0.275 e. The SMILES string of the molecule is COc1cccc(C=NNC(=O)c2cc(Cl)ccc2OC)c1. The van der Waals surface area contributed by atoms with Gasteiger partial charge in [-0.25, -0.2) is 5.43 Å². The van der Waals surface area contributed by atoms with Crippen molar-refractivity contribution in [2.75, 3.05) is 14.2 Å². The molecule has 0 aliphatic heterocycles. The van der Waals surface area contributed by atoms with Crippen molar-refractivity contribution >= 4 is 23.7 Å². The standard InChI is InChI=1S/C16H15ClN2O3/c1-21-13-5-3-4-11(8-13)10-18-19-16(20)14-9-12(17)6-7-15(14)22-2/h3-10H,1-2H3,(H,19,20). The predicted molar refractivity (Wildman–Crippen MR) is 86.1 cm³/mol. The molecule has 1 amide bonds. The van der Waals surface area contributed by atoms with Gasteiger partial charge in [-0.3, -0.25) is 4.79 Å². The number of halogens is 1. The molecule has 5 nitrogen and oxygen atoms in total. The van der Waals surface area contributed by atoms with Gasteiger partial charge in [0.05, 0.1) is 26.0 Å². The Morgan fingerprint density at radius 3 is 2.73 bits per heavy atom. The lowest BCUT2D eigenvalue weighted by molar-refractivity contribution is 0.0952. The highest BCUT2D eigenvalue weighted by Crippen LogP contribution is 2.22. The van der Waals surface area contributed by atoms with Crippen LogP contribution in [0.3, 0.4) is 0 Å². The van der Waals surface area contributed by atoms with Gasteiger partial charge in [-0.2, -0.15) is 5.10 Å². The maximum atomic E-state index is 12.1. The number of ether oxygens (including phenoxy) is 2. The second kappa shape index (κ2) is 7.47. The first kappa shape index (κ1) is 15.9. The van der Waals surface area contributed by atoms with Crippen LogP contribution in [0, 0.1) is 0 Å². The van der Waals surface area contributed by atoms with Crippen LogP contribution in [0.4, 0.5) is 0 Å². The molecule has 0 saturated heterocycles. The highest BCUT2D eigenvalue weighted by atomic mass is 35.5. The Morgan fingerprint density at radius 1 is 1.18 bits per heavy atom. The average Bonchev–Trinajstić information content (AvgIpc) is 2.55. The van der Waals surface area contributed by atoms with E-state index in [2.05, 4.69) is 10.5 Å². The average molecular weight is 319 g/mol. The lowest BCUT2D eigenvalue weighted by Crippen LogP contribution is -2.18. The molecule has 22 heavy (non-hydrogen) atoms. The smallest absolute Gasteiger partial charge is 0.275 e. The lowest BCUT2D eigenvalue weighted by Gasteiger charge is -2.07. The second-order valence-electron chi connectivity index (χ2n) is 4.32. The Kier molecular flexibility index (Phi) is 5.38. The van der Waals surface area contributed by atoms with Crippen molar-refractivity contribution in [3.05, 3.63) is 58.6 Å². The number of nitrogens with zero attached hydrogens (tertiary/aromatic N) is 1. The monoisotopic (exact) mass is 318 g/mol. The fourth-order valence-electron chi connectivity index (χ4n) is 1.81. The number of carbonyl (C=O) groups excluding carboxylic acids is 1. The van der Waals surface area contributed by atoms with Crippen LogP contribution in [0.25, 0.3) is 0 Å². The van der Waals surface area contributed by atoms with Gasteiger partial charge in [0.2, 0.25) is 0 Å². The largest absolute Gasteiger partial charge is 0.497 e. The van der Waals surface area contributed by atoms with Gasteiger partial charge in [0.1, 0.15) is 11.5 Å². The molecule has 0 unspecified atom stereocenters. The van der Waals surface area contributed by atoms with Gasteiger partial charge in [0.15, 0.2) is 0 Å². The fraction of sp³-hybridized carbons (Fsp3) is 0.125. The quantitative estimate of drug-likeness (QED) is 0.680. The van der Waals surface area contributed by atoms with Gasteiger partial charge >= 0.3 is 0 Å². The third kappa shape index (κ3) is 3.99. The molecule has 0 aliphatic rings. The van der Waals surface area contributed by atoms with E-state index in [9.17, 15) is 4.79 Å². The molecule has 0 spiro atoms. The van der Waals surface area contributed by atoms with Crippen molar-refractivity contribution in [1.82, 2.24) is 5.43 Å². The summed E-state index contributed by atoms with van der Waals surface area (Å²) in [4.78, 5) is 12.1. The van der Waals surface area contributed by atoms with E-state index in [0.717, 1.165) is 5.56 Å². The summed E-state index contributed by atoms with van der Waals surface area (Å²) >= 11 is 5.89. The number of hydrogen-bond donors (Lipinski definition) is 1. The number of carbonyl (C=O) groups is 1. The molecule has 6 heteroatoms. The van der Waals surface area contributed by atoms with E-state index in [4.69, 9.17) is 21.1 Å². The first-order valence-corrected chi connectivity index (χ1v) is 6.83. The Hall–Kier alpha value is -2.53. The maximum absolute atomic E-state index is 12.1. The molecular weight excluding hydrogens is 304 g/mol. The van der Waals surface area contributed by atoms with Crippen LogP contribution in [0.2, 0.25) is 5.02 Å². The fourth-order valence-corrected chi connectivity index (χ4v) is 1.98. The van der Waals surface area contributed by atoms with Gasteiger partial charge in [-0.05, 0) is 35.9 Å². The van der Waals surface area contributed by atoms with Crippen molar-refractivity contribution in [3.8, 4) is 11.5 Å². The molecule has 2 rings (SSSR count). The van der Waals surface area contributed by atoms with Crippen LogP contribution in [-0.4, -0.2) is 26.3 Å². The topological polar surface area (TPSA) is 59.9 Å². The van der Waals surface area contributed by atoms with Gasteiger partial charge in [-0.1, -0.05) is 23.7 Å². The number of methoxy groups -OCH3 is 2. The Morgan fingerprint density at radius 2 is 2.00 bits per heavy atom. The molecule has 2 aromatic carbocycles. The molecule has 0 radical (unpaired) electrons. The molecule has 2 aromatic rings. The van der Waals surface area contributed by atoms with E-state index < -0.39 is 5.91 Å². The van der Waals surface area contributed by atoms with Gasteiger partial charge in [0.25, 0.3) is 5.91 Å². The summed E-state index contributed by atoms with van der Waals surface area (Å²) in [5, 5.41) is 4.37. The molecule has 114 valence electrons. The molecular formula is C16H15ClN2O3. The number of amides is 1. The Labute approximate surface area is 133 Å². The Bertz CT molecular complexity index is 702. The number of nitrogens with one attached hydrogen (secondary N) is 1. The van der Waals surface area contributed by atoms with E-state index in [1.807, 2.05) is 18.2 Å². The van der Waals surface area contributed by atoms with Crippen molar-refractivity contribution in [2.24, 2.45) is 5.10 Å². The zero-order chi connectivity index (χ0) is 15.9. The van der Waals surface area contributed by atoms with Crippen molar-refractivity contribution in [2.45, 2.75) is 0 Å². The van der Waals surface area contributed by atoms with E-state index in [1.165, 1.54) is 19.4 Å². The Balaban J connectivity index is 2.09. The summed E-state index contributed by atoms with van der Waals surface area (Å²) in [5.41, 5.74) is 3.56. The highest BCUT2D eigenvalue weighted by molar-refractivity contribution is 6.31. The van der Waals surface area contributed by atoms with Crippen LogP contribution >= 0.6 is 11.6 Å². The molecule has 0 bridgehead atoms. The molecule has 1 N–H and O–H groups in total. The van der Waals surface area contributed by atoms with Gasteiger partial charge in [-0.15, -0.1) is 0 Å². The first-order valence-electron chi connectivity index (χ1n) is 6.45. The lowest BCUT2D eigenvalue weighted by atomic mass is 10.2. The highest BCUT2D eigenvalue weighted by Gasteiger charge is 2.12. The first-order chi connectivity index (χ1) is 10.6. The molecule has 0 aromatic heterocycles. The van der Waals surface area contributed by atoms with Crippen LogP contribution in [0.1, 0.15) is 15.9 Å². The van der Waals surface area contributed by atoms with Crippen LogP contribution in [0.15, 0.2) is 47.6 Å². The summed E-state index contributed by atoms with van der Waals surface area (Å²) in [5.74, 6) is 0.740. The van der Waals surface area contributed by atoms with Crippen molar-refractivity contribution in [1.29, 1.82) is 0 Å². The zero-order valence-electron chi connectivity index (χ0n) is 12.2. The minimum absolute atomic E-state index is 0.317. The van der Waals surface area contributed by atoms with Crippen LogP contribution < -0.4 is 14.9 Å². The van der Waals surface area contributed by atoms with E-state index in [-0.39, 0.29) is 0 Å². The summed E-state index contributed by atoms with van der Waals surface area (Å²) in [6.45, 7) is 0. The van der Waals surface area contributed by atoms with E-state index in [0.29, 0.717) is 22.1 Å². The molecule has 0 aliphatic carbocycles. The summed E-state index contributed by atoms with van der Waals surface area (Å²) < 4.78 is 10.2. The minimum atomic E-state index is -0.404. The number of rotatable bonds is 5. The number of benzene rings is 2. The van der Waals surface area contributed by atoms with Crippen LogP contribution in [0.5, 0.6) is 11.5 Å². The predicted octanol–water partition coefficient (Wildman–Crippen LogP) is 3.12.